The van der Waals surface area contributed by atoms with Crippen LogP contribution in [0, 0.1) is 0 Å². The maximum absolute atomic E-state index is 12.6. The highest BCUT2D eigenvalue weighted by molar-refractivity contribution is 5.85. The lowest BCUT2D eigenvalue weighted by atomic mass is 10.0. The lowest BCUT2D eigenvalue weighted by Gasteiger charge is -2.33. The largest absolute Gasteiger partial charge is 0.462 e. The standard InChI is InChI=1S/C19H29NO3.ClH/c1-2-3-14-22-15-16-23-19(21)18(17-10-6-4-7-11-17)20-12-8-5-9-13-20;/h4,6-7,10-11,18H,2-3,5,8-9,12-16H2,1H3;1H/t18-;/m1./s1. The fourth-order valence-electron chi connectivity index (χ4n) is 2.94. The summed E-state index contributed by atoms with van der Waals surface area (Å²) in [5.41, 5.74) is 1.02. The molecule has 24 heavy (non-hydrogen) atoms. The molecule has 1 fully saturated rings. The van der Waals surface area contributed by atoms with Gasteiger partial charge in [0.05, 0.1) is 6.61 Å². The molecular formula is C19H30ClNO3. The number of likely N-dealkylation sites (tertiary alicyclic amines) is 1. The van der Waals surface area contributed by atoms with E-state index in [1.54, 1.807) is 0 Å². The van der Waals surface area contributed by atoms with E-state index in [-0.39, 0.29) is 24.4 Å². The van der Waals surface area contributed by atoms with Crippen molar-refractivity contribution in [3.63, 3.8) is 0 Å². The van der Waals surface area contributed by atoms with Crippen molar-refractivity contribution >= 4 is 18.4 Å². The van der Waals surface area contributed by atoms with E-state index in [9.17, 15) is 4.79 Å². The summed E-state index contributed by atoms with van der Waals surface area (Å²) >= 11 is 0. The van der Waals surface area contributed by atoms with Crippen molar-refractivity contribution in [2.45, 2.75) is 45.1 Å². The SMILES string of the molecule is CCCCOCCOC(=O)[C@@H](c1ccccc1)N1CCCCC1.Cl. The van der Waals surface area contributed by atoms with Crippen molar-refractivity contribution in [2.75, 3.05) is 32.9 Å². The summed E-state index contributed by atoms with van der Waals surface area (Å²) < 4.78 is 11.0. The first-order chi connectivity index (χ1) is 11.3. The van der Waals surface area contributed by atoms with Crippen LogP contribution in [0.5, 0.6) is 0 Å². The average Bonchev–Trinajstić information content (AvgIpc) is 2.60. The van der Waals surface area contributed by atoms with Gasteiger partial charge in [0.1, 0.15) is 12.6 Å². The third-order valence-corrected chi connectivity index (χ3v) is 4.21. The minimum atomic E-state index is -0.285. The van der Waals surface area contributed by atoms with Gasteiger partial charge in [-0.3, -0.25) is 4.90 Å². The Kier molecular flexibility index (Phi) is 10.7. The van der Waals surface area contributed by atoms with Gasteiger partial charge in [0.15, 0.2) is 0 Å². The Morgan fingerprint density at radius 1 is 1.08 bits per heavy atom. The molecule has 136 valence electrons. The van der Waals surface area contributed by atoms with Gasteiger partial charge in [-0.05, 0) is 37.9 Å². The number of halogens is 1. The van der Waals surface area contributed by atoms with Crippen LogP contribution in [0.2, 0.25) is 0 Å². The van der Waals surface area contributed by atoms with Gasteiger partial charge in [0, 0.05) is 6.61 Å². The molecular weight excluding hydrogens is 326 g/mol. The summed E-state index contributed by atoms with van der Waals surface area (Å²) in [7, 11) is 0. The predicted molar refractivity (Wildman–Crippen MR) is 98.5 cm³/mol. The molecule has 0 N–H and O–H groups in total. The van der Waals surface area contributed by atoms with Crippen LogP contribution in [-0.4, -0.2) is 43.8 Å². The van der Waals surface area contributed by atoms with E-state index in [1.807, 2.05) is 30.3 Å². The van der Waals surface area contributed by atoms with Gasteiger partial charge in [0.25, 0.3) is 0 Å². The van der Waals surface area contributed by atoms with Gasteiger partial charge in [0.2, 0.25) is 0 Å². The first kappa shape index (κ1) is 20.9. The Morgan fingerprint density at radius 3 is 2.46 bits per heavy atom. The lowest BCUT2D eigenvalue weighted by Crippen LogP contribution is -2.39. The number of nitrogens with zero attached hydrogens (tertiary/aromatic N) is 1. The molecule has 1 aromatic carbocycles. The zero-order valence-electron chi connectivity index (χ0n) is 14.6. The molecule has 0 amide bonds. The summed E-state index contributed by atoms with van der Waals surface area (Å²) in [6.07, 6.45) is 5.71. The fraction of sp³-hybridized carbons (Fsp3) is 0.632. The van der Waals surface area contributed by atoms with E-state index in [4.69, 9.17) is 9.47 Å². The molecule has 1 aromatic rings. The molecule has 5 heteroatoms. The zero-order chi connectivity index (χ0) is 16.3. The second-order valence-corrected chi connectivity index (χ2v) is 6.04. The van der Waals surface area contributed by atoms with Crippen LogP contribution in [0.3, 0.4) is 0 Å². The number of ether oxygens (including phenoxy) is 2. The Morgan fingerprint density at radius 2 is 1.79 bits per heavy atom. The highest BCUT2D eigenvalue weighted by atomic mass is 35.5. The molecule has 0 aliphatic carbocycles. The summed E-state index contributed by atoms with van der Waals surface area (Å²) in [6, 6.07) is 9.67. The van der Waals surface area contributed by atoms with Crippen LogP contribution in [-0.2, 0) is 14.3 Å². The van der Waals surface area contributed by atoms with Gasteiger partial charge in [-0.1, -0.05) is 50.1 Å². The van der Waals surface area contributed by atoms with E-state index in [2.05, 4.69) is 11.8 Å². The van der Waals surface area contributed by atoms with Crippen molar-refractivity contribution in [1.82, 2.24) is 4.90 Å². The number of piperidine rings is 1. The molecule has 0 saturated carbocycles. The quantitative estimate of drug-likeness (QED) is 0.496. The van der Waals surface area contributed by atoms with Gasteiger partial charge >= 0.3 is 5.97 Å². The molecule has 0 radical (unpaired) electrons. The van der Waals surface area contributed by atoms with Crippen LogP contribution >= 0.6 is 12.4 Å². The molecule has 1 atom stereocenters. The molecule has 0 spiro atoms. The number of esters is 1. The Hall–Kier alpha value is -1.10. The average molecular weight is 356 g/mol. The molecule has 1 aliphatic rings. The second kappa shape index (κ2) is 12.3. The van der Waals surface area contributed by atoms with E-state index in [1.165, 1.54) is 6.42 Å². The Balaban J connectivity index is 0.00000288. The van der Waals surface area contributed by atoms with Crippen molar-refractivity contribution in [2.24, 2.45) is 0 Å². The third kappa shape index (κ3) is 6.80. The minimum Gasteiger partial charge on any atom is -0.462 e. The van der Waals surface area contributed by atoms with Gasteiger partial charge in [-0.2, -0.15) is 0 Å². The van der Waals surface area contributed by atoms with Crippen molar-refractivity contribution < 1.29 is 14.3 Å². The van der Waals surface area contributed by atoms with Crippen molar-refractivity contribution in [3.8, 4) is 0 Å². The van der Waals surface area contributed by atoms with E-state index < -0.39 is 0 Å². The van der Waals surface area contributed by atoms with E-state index in [0.29, 0.717) is 13.2 Å². The number of unbranched alkanes of at least 4 members (excludes halogenated alkanes) is 1. The van der Waals surface area contributed by atoms with Crippen molar-refractivity contribution in [1.29, 1.82) is 0 Å². The lowest BCUT2D eigenvalue weighted by molar-refractivity contribution is -0.152. The number of rotatable bonds is 9. The van der Waals surface area contributed by atoms with Gasteiger partial charge in [-0.25, -0.2) is 4.79 Å². The monoisotopic (exact) mass is 355 g/mol. The Bertz CT molecular complexity index is 449. The molecule has 0 bridgehead atoms. The molecule has 4 nitrogen and oxygen atoms in total. The molecule has 0 aromatic heterocycles. The van der Waals surface area contributed by atoms with E-state index in [0.717, 1.165) is 50.9 Å². The van der Waals surface area contributed by atoms with Crippen LogP contribution < -0.4 is 0 Å². The van der Waals surface area contributed by atoms with Gasteiger partial charge < -0.3 is 9.47 Å². The third-order valence-electron chi connectivity index (χ3n) is 4.21. The van der Waals surface area contributed by atoms with Crippen molar-refractivity contribution in [3.05, 3.63) is 35.9 Å². The number of hydrogen-bond acceptors (Lipinski definition) is 4. The number of carbonyl (C=O) groups is 1. The Labute approximate surface area is 151 Å². The second-order valence-electron chi connectivity index (χ2n) is 6.04. The molecule has 2 rings (SSSR count). The summed E-state index contributed by atoms with van der Waals surface area (Å²) in [4.78, 5) is 14.9. The first-order valence-corrected chi connectivity index (χ1v) is 8.86. The predicted octanol–water partition coefficient (Wildman–Crippen LogP) is 4.00. The highest BCUT2D eigenvalue weighted by Gasteiger charge is 2.29. The number of hydrogen-bond donors (Lipinski definition) is 0. The first-order valence-electron chi connectivity index (χ1n) is 8.86. The summed E-state index contributed by atoms with van der Waals surface area (Å²) in [6.45, 7) is 5.60. The minimum absolute atomic E-state index is 0. The topological polar surface area (TPSA) is 38.8 Å². The summed E-state index contributed by atoms with van der Waals surface area (Å²) in [5.74, 6) is -0.155. The van der Waals surface area contributed by atoms with Crippen LogP contribution in [0.1, 0.15) is 50.6 Å². The van der Waals surface area contributed by atoms with E-state index >= 15 is 0 Å². The van der Waals surface area contributed by atoms with Crippen LogP contribution in [0.4, 0.5) is 0 Å². The zero-order valence-corrected chi connectivity index (χ0v) is 15.4. The highest BCUT2D eigenvalue weighted by Crippen LogP contribution is 2.25. The molecule has 0 unspecified atom stereocenters. The normalized spacial score (nSPS) is 16.2. The molecule has 1 aliphatic heterocycles. The molecule has 1 saturated heterocycles. The van der Waals surface area contributed by atoms with Crippen LogP contribution in [0.25, 0.3) is 0 Å². The molecule has 1 heterocycles. The summed E-state index contributed by atoms with van der Waals surface area (Å²) in [5, 5.41) is 0. The maximum atomic E-state index is 12.6. The smallest absolute Gasteiger partial charge is 0.328 e. The number of carbonyl (C=O) groups excluding carboxylic acids is 1. The maximum Gasteiger partial charge on any atom is 0.328 e. The van der Waals surface area contributed by atoms with Crippen LogP contribution in [0.15, 0.2) is 30.3 Å². The number of benzene rings is 1. The fourth-order valence-corrected chi connectivity index (χ4v) is 2.94. The van der Waals surface area contributed by atoms with Gasteiger partial charge in [-0.15, -0.1) is 12.4 Å².